The first-order chi connectivity index (χ1) is 15.8. The van der Waals surface area contributed by atoms with Gasteiger partial charge in [-0.25, -0.2) is 13.4 Å². The fourth-order valence-corrected chi connectivity index (χ4v) is 6.10. The van der Waals surface area contributed by atoms with Gasteiger partial charge in [0.2, 0.25) is 15.9 Å². The summed E-state index contributed by atoms with van der Waals surface area (Å²) in [6, 6.07) is 13.4. The fraction of sp³-hybridized carbons (Fsp3) is 0.292. The molecule has 33 heavy (non-hydrogen) atoms. The molecule has 0 unspecified atom stereocenters. The summed E-state index contributed by atoms with van der Waals surface area (Å²) in [5.41, 5.74) is 4.53. The highest BCUT2D eigenvalue weighted by atomic mass is 32.2. The average molecular weight is 465 g/mol. The lowest BCUT2D eigenvalue weighted by Crippen LogP contribution is -2.41. The first kappa shape index (κ1) is 21.5. The van der Waals surface area contributed by atoms with E-state index in [4.69, 9.17) is 0 Å². The molecule has 8 nitrogen and oxygen atoms in total. The van der Waals surface area contributed by atoms with E-state index >= 15 is 0 Å². The molecule has 1 saturated carbocycles. The van der Waals surface area contributed by atoms with E-state index < -0.39 is 10.0 Å². The van der Waals surface area contributed by atoms with Crippen LogP contribution < -0.4 is 5.32 Å². The van der Waals surface area contributed by atoms with Crippen molar-refractivity contribution in [3.8, 4) is 11.3 Å². The first-order valence-corrected chi connectivity index (χ1v) is 12.4. The number of rotatable bonds is 6. The molecule has 0 saturated heterocycles. The number of aromatic amines is 1. The van der Waals surface area contributed by atoms with Gasteiger partial charge in [0.05, 0.1) is 24.0 Å². The molecule has 1 fully saturated rings. The van der Waals surface area contributed by atoms with Gasteiger partial charge in [0.15, 0.2) is 5.78 Å². The van der Waals surface area contributed by atoms with Gasteiger partial charge in [-0.2, -0.15) is 4.31 Å². The molecule has 5 rings (SSSR count). The van der Waals surface area contributed by atoms with Gasteiger partial charge in [-0.1, -0.05) is 30.3 Å². The van der Waals surface area contributed by atoms with Crippen LogP contribution in [0.15, 0.2) is 48.7 Å². The van der Waals surface area contributed by atoms with Gasteiger partial charge in [0, 0.05) is 36.4 Å². The monoisotopic (exact) mass is 464 g/mol. The lowest BCUT2D eigenvalue weighted by atomic mass is 9.94. The highest BCUT2D eigenvalue weighted by molar-refractivity contribution is 7.90. The van der Waals surface area contributed by atoms with Gasteiger partial charge < -0.3 is 10.3 Å². The third kappa shape index (κ3) is 4.21. The van der Waals surface area contributed by atoms with Crippen molar-refractivity contribution in [2.45, 2.75) is 38.0 Å². The molecule has 1 amide bonds. The summed E-state index contributed by atoms with van der Waals surface area (Å²) >= 11 is 0. The number of fused-ring (bicyclic) bond motifs is 1. The van der Waals surface area contributed by atoms with Crippen LogP contribution in [0.4, 0.5) is 5.82 Å². The predicted octanol–water partition coefficient (Wildman–Crippen LogP) is 3.12. The van der Waals surface area contributed by atoms with E-state index in [1.54, 1.807) is 18.3 Å². The van der Waals surface area contributed by atoms with Crippen molar-refractivity contribution in [2.24, 2.45) is 0 Å². The number of hydrogen-bond donors (Lipinski definition) is 2. The maximum Gasteiger partial charge on any atom is 0.222 e. The Bertz CT molecular complexity index is 1340. The molecule has 9 heteroatoms. The minimum atomic E-state index is -3.48. The van der Waals surface area contributed by atoms with Gasteiger partial charge in [-0.05, 0) is 36.1 Å². The topological polar surface area (TPSA) is 112 Å². The zero-order valence-corrected chi connectivity index (χ0v) is 19.0. The quantitative estimate of drug-likeness (QED) is 0.582. The van der Waals surface area contributed by atoms with Crippen molar-refractivity contribution in [1.29, 1.82) is 0 Å². The van der Waals surface area contributed by atoms with E-state index in [1.807, 2.05) is 30.3 Å². The van der Waals surface area contributed by atoms with Crippen molar-refractivity contribution in [1.82, 2.24) is 14.3 Å². The minimum absolute atomic E-state index is 0.140. The number of ketones is 1. The Hall–Kier alpha value is -3.30. The number of Topliss-reactive ketones (excluding diaryl/α,β-unsaturated/α-hetero) is 1. The number of H-pyrrole nitrogens is 1. The maximum atomic E-state index is 13.3. The Kier molecular flexibility index (Phi) is 5.38. The largest absolute Gasteiger partial charge is 0.356 e. The summed E-state index contributed by atoms with van der Waals surface area (Å²) in [7, 11) is -3.48. The number of nitrogens with zero attached hydrogens (tertiary/aromatic N) is 2. The molecule has 2 N–H and O–H groups in total. The number of pyridine rings is 1. The van der Waals surface area contributed by atoms with Crippen molar-refractivity contribution in [2.75, 3.05) is 11.9 Å². The van der Waals surface area contributed by atoms with Crippen LogP contribution in [0.3, 0.4) is 0 Å². The van der Waals surface area contributed by atoms with Crippen molar-refractivity contribution < 1.29 is 18.0 Å². The minimum Gasteiger partial charge on any atom is -0.356 e. The number of sulfonamides is 1. The highest BCUT2D eigenvalue weighted by Crippen LogP contribution is 2.37. The summed E-state index contributed by atoms with van der Waals surface area (Å²) in [5.74, 6) is -0.0291. The molecule has 3 aromatic rings. The summed E-state index contributed by atoms with van der Waals surface area (Å²) in [6.45, 7) is 1.42. The Morgan fingerprint density at radius 2 is 1.94 bits per heavy atom. The van der Waals surface area contributed by atoms with Crippen molar-refractivity contribution >= 4 is 27.5 Å². The average Bonchev–Trinajstić information content (AvgIpc) is 3.58. The molecule has 1 aliphatic heterocycles. The normalized spacial score (nSPS) is 16.5. The number of amides is 1. The Morgan fingerprint density at radius 3 is 2.64 bits per heavy atom. The second-order valence-corrected chi connectivity index (χ2v) is 10.8. The Labute approximate surface area is 192 Å². The van der Waals surface area contributed by atoms with Gasteiger partial charge in [0.25, 0.3) is 0 Å². The van der Waals surface area contributed by atoms with E-state index in [1.165, 1.54) is 11.2 Å². The van der Waals surface area contributed by atoms with Crippen LogP contribution in [0, 0.1) is 0 Å². The molecule has 2 aliphatic rings. The molecule has 0 radical (unpaired) electrons. The number of nitrogens with one attached hydrogen (secondary N) is 2. The van der Waals surface area contributed by atoms with E-state index in [2.05, 4.69) is 15.3 Å². The van der Waals surface area contributed by atoms with Gasteiger partial charge in [-0.3, -0.25) is 9.59 Å². The molecule has 2 aromatic heterocycles. The van der Waals surface area contributed by atoms with E-state index in [9.17, 15) is 18.0 Å². The number of anilines is 1. The molecule has 0 atom stereocenters. The number of carbonyl (C=O) groups is 2. The molecule has 170 valence electrons. The van der Waals surface area contributed by atoms with E-state index in [0.717, 1.165) is 22.4 Å². The van der Waals surface area contributed by atoms with Crippen LogP contribution in [0.25, 0.3) is 11.3 Å². The summed E-state index contributed by atoms with van der Waals surface area (Å²) in [6.07, 6.45) is 3.41. The Morgan fingerprint density at radius 1 is 1.18 bits per heavy atom. The summed E-state index contributed by atoms with van der Waals surface area (Å²) in [4.78, 5) is 32.3. The molecule has 0 spiro atoms. The standard InChI is InChI=1S/C24H24N4O4S/c1-15(29)26-22-12-17(9-10-25-22)24-19(11-16-5-3-2-4-6-16)23-20(27-24)13-28(14-21(23)30)33(31,32)18-7-8-18/h2-6,9-10,12,18,27H,7-8,11,13-14H2,1H3,(H,25,26,29). The smallest absolute Gasteiger partial charge is 0.222 e. The van der Waals surface area contributed by atoms with Gasteiger partial charge in [-0.15, -0.1) is 0 Å². The van der Waals surface area contributed by atoms with Crippen LogP contribution in [0.2, 0.25) is 0 Å². The Balaban J connectivity index is 1.60. The summed E-state index contributed by atoms with van der Waals surface area (Å²) in [5, 5.41) is 2.31. The SMILES string of the molecule is CC(=O)Nc1cc(-c2[nH]c3c(c2Cc2ccccc2)C(=O)CN(S(=O)(=O)C2CC2)C3)ccn1. The van der Waals surface area contributed by atoms with Gasteiger partial charge >= 0.3 is 0 Å². The number of aromatic nitrogens is 2. The molecule has 0 bridgehead atoms. The van der Waals surface area contributed by atoms with E-state index in [0.29, 0.717) is 36.3 Å². The predicted molar refractivity (Wildman–Crippen MR) is 124 cm³/mol. The molecule has 3 heterocycles. The van der Waals surface area contributed by atoms with Crippen molar-refractivity contribution in [3.63, 3.8) is 0 Å². The maximum absolute atomic E-state index is 13.3. The molecular formula is C24H24N4O4S. The fourth-order valence-electron chi connectivity index (χ4n) is 4.34. The lowest BCUT2D eigenvalue weighted by molar-refractivity contribution is -0.114. The first-order valence-electron chi connectivity index (χ1n) is 10.9. The highest BCUT2D eigenvalue weighted by Gasteiger charge is 2.43. The number of benzene rings is 1. The van der Waals surface area contributed by atoms with Crippen molar-refractivity contribution in [3.05, 3.63) is 71.0 Å². The second kappa shape index (κ2) is 8.24. The number of hydrogen-bond acceptors (Lipinski definition) is 5. The zero-order valence-electron chi connectivity index (χ0n) is 18.2. The second-order valence-electron chi connectivity index (χ2n) is 8.54. The number of carbonyl (C=O) groups excluding carboxylic acids is 2. The third-order valence-corrected chi connectivity index (χ3v) is 8.29. The molecule has 1 aliphatic carbocycles. The van der Waals surface area contributed by atoms with Crippen LogP contribution in [-0.2, 0) is 27.8 Å². The van der Waals surface area contributed by atoms with Crippen LogP contribution >= 0.6 is 0 Å². The third-order valence-electron chi connectivity index (χ3n) is 6.00. The molecular weight excluding hydrogens is 440 g/mol. The van der Waals surface area contributed by atoms with Crippen LogP contribution in [0.5, 0.6) is 0 Å². The van der Waals surface area contributed by atoms with Crippen LogP contribution in [-0.4, -0.2) is 46.2 Å². The van der Waals surface area contributed by atoms with Gasteiger partial charge in [0.1, 0.15) is 5.82 Å². The molecule has 1 aromatic carbocycles. The zero-order chi connectivity index (χ0) is 23.2. The van der Waals surface area contributed by atoms with E-state index in [-0.39, 0.29) is 30.0 Å². The van der Waals surface area contributed by atoms with Crippen LogP contribution in [0.1, 0.15) is 46.9 Å². The lowest BCUT2D eigenvalue weighted by Gasteiger charge is -2.25. The summed E-state index contributed by atoms with van der Waals surface area (Å²) < 4.78 is 26.9.